The first kappa shape index (κ1) is 22.3. The normalized spacial score (nSPS) is 16.9. The molecule has 2 aromatic rings. The Labute approximate surface area is 179 Å². The monoisotopic (exact) mass is 498 g/mol. The van der Waals surface area contributed by atoms with E-state index in [-0.39, 0.29) is 6.10 Å². The van der Waals surface area contributed by atoms with Crippen LogP contribution >= 0.6 is 31.9 Å². The number of aliphatic hydroxyl groups excluding tert-OH is 1. The second-order valence-corrected chi connectivity index (χ2v) is 8.72. The number of aromatic hydroxyl groups is 1. The van der Waals surface area contributed by atoms with Crippen LogP contribution in [0.15, 0.2) is 57.5 Å². The minimum atomic E-state index is 0.0463. The minimum Gasteiger partial charge on any atom is -0.508 e. The number of aliphatic hydroxyl groups is 1. The number of ether oxygens (including phenoxy) is 1. The van der Waals surface area contributed by atoms with Gasteiger partial charge in [0.2, 0.25) is 0 Å². The number of phenols is 1. The number of rotatable bonds is 2. The fourth-order valence-corrected chi connectivity index (χ4v) is 3.59. The van der Waals surface area contributed by atoms with Crippen LogP contribution in [0.5, 0.6) is 11.5 Å². The van der Waals surface area contributed by atoms with Crippen LogP contribution in [0.2, 0.25) is 0 Å². The van der Waals surface area contributed by atoms with Crippen molar-refractivity contribution in [1.82, 2.24) is 0 Å². The van der Waals surface area contributed by atoms with Crippen molar-refractivity contribution in [2.75, 3.05) is 0 Å². The van der Waals surface area contributed by atoms with E-state index < -0.39 is 0 Å². The Morgan fingerprint density at radius 2 is 1.15 bits per heavy atom. The molecule has 2 N–H and O–H groups in total. The molecular formula is C22H28Br2O3. The molecule has 148 valence electrons. The zero-order chi connectivity index (χ0) is 19.5. The lowest BCUT2D eigenvalue weighted by molar-refractivity contribution is 0.183. The van der Waals surface area contributed by atoms with E-state index in [1.807, 2.05) is 24.3 Å². The Kier molecular flexibility index (Phi) is 10.2. The summed E-state index contributed by atoms with van der Waals surface area (Å²) in [6.07, 6.45) is 10.1. The predicted octanol–water partition coefficient (Wildman–Crippen LogP) is 6.85. The average Bonchev–Trinajstić information content (AvgIpc) is 3.35. The molecule has 4 rings (SSSR count). The van der Waals surface area contributed by atoms with Gasteiger partial charge in [0.15, 0.2) is 0 Å². The molecule has 0 aliphatic heterocycles. The Hall–Kier alpha value is -1.04. The molecule has 2 aromatic carbocycles. The molecule has 2 fully saturated rings. The number of hydrogen-bond donors (Lipinski definition) is 2. The highest BCUT2D eigenvalue weighted by molar-refractivity contribution is 9.10. The van der Waals surface area contributed by atoms with Gasteiger partial charge in [-0.25, -0.2) is 0 Å². The molecule has 2 aliphatic rings. The van der Waals surface area contributed by atoms with Crippen molar-refractivity contribution in [3.8, 4) is 11.5 Å². The van der Waals surface area contributed by atoms with Crippen molar-refractivity contribution in [3.05, 3.63) is 57.5 Å². The van der Waals surface area contributed by atoms with Crippen LogP contribution < -0.4 is 4.74 Å². The van der Waals surface area contributed by atoms with Crippen LogP contribution in [0, 0.1) is 0 Å². The van der Waals surface area contributed by atoms with Gasteiger partial charge in [0, 0.05) is 8.95 Å². The summed E-state index contributed by atoms with van der Waals surface area (Å²) in [5.41, 5.74) is 0. The standard InChI is InChI=1S/C11H13BrO.C6H5BrO.C5H10O/c12-9-5-7-11(8-6-9)13-10-3-1-2-4-10;7-5-1-3-6(8)4-2-5;6-5-3-1-2-4-5/h5-8,10H,1-4H2;1-4,8H;5-6H,1-4H2. The molecule has 0 unspecified atom stereocenters. The molecule has 27 heavy (non-hydrogen) atoms. The third-order valence-corrected chi connectivity index (χ3v) is 5.63. The Bertz CT molecular complexity index is 611. The summed E-state index contributed by atoms with van der Waals surface area (Å²) in [5, 5.41) is 17.5. The summed E-state index contributed by atoms with van der Waals surface area (Å²) in [6.45, 7) is 0. The van der Waals surface area contributed by atoms with Gasteiger partial charge >= 0.3 is 0 Å². The van der Waals surface area contributed by atoms with E-state index in [0.717, 1.165) is 27.5 Å². The molecule has 2 saturated carbocycles. The fraction of sp³-hybridized carbons (Fsp3) is 0.455. The van der Waals surface area contributed by atoms with Crippen LogP contribution in [-0.2, 0) is 0 Å². The molecule has 0 spiro atoms. The van der Waals surface area contributed by atoms with E-state index in [1.54, 1.807) is 24.3 Å². The van der Waals surface area contributed by atoms with E-state index in [1.165, 1.54) is 38.5 Å². The Morgan fingerprint density at radius 1 is 0.704 bits per heavy atom. The second-order valence-electron chi connectivity index (χ2n) is 6.89. The number of benzene rings is 2. The summed E-state index contributed by atoms with van der Waals surface area (Å²) in [4.78, 5) is 0. The van der Waals surface area contributed by atoms with Gasteiger partial charge < -0.3 is 14.9 Å². The summed E-state index contributed by atoms with van der Waals surface area (Å²) < 4.78 is 7.89. The van der Waals surface area contributed by atoms with Gasteiger partial charge in [-0.1, -0.05) is 44.7 Å². The van der Waals surface area contributed by atoms with E-state index in [0.29, 0.717) is 11.9 Å². The van der Waals surface area contributed by atoms with Crippen LogP contribution in [0.3, 0.4) is 0 Å². The Morgan fingerprint density at radius 3 is 1.56 bits per heavy atom. The van der Waals surface area contributed by atoms with Crippen LogP contribution in [-0.4, -0.2) is 22.4 Å². The van der Waals surface area contributed by atoms with Gasteiger partial charge in [-0.2, -0.15) is 0 Å². The zero-order valence-electron chi connectivity index (χ0n) is 15.5. The van der Waals surface area contributed by atoms with E-state index in [4.69, 9.17) is 14.9 Å². The largest absolute Gasteiger partial charge is 0.508 e. The third-order valence-electron chi connectivity index (χ3n) is 4.57. The Balaban J connectivity index is 0.000000159. The summed E-state index contributed by atoms with van der Waals surface area (Å²) >= 11 is 6.64. The third kappa shape index (κ3) is 9.63. The van der Waals surface area contributed by atoms with E-state index in [9.17, 15) is 0 Å². The van der Waals surface area contributed by atoms with Gasteiger partial charge in [0.25, 0.3) is 0 Å². The first-order valence-electron chi connectivity index (χ1n) is 9.58. The quantitative estimate of drug-likeness (QED) is 0.475. The first-order chi connectivity index (χ1) is 13.0. The van der Waals surface area contributed by atoms with Crippen LogP contribution in [0.4, 0.5) is 0 Å². The van der Waals surface area contributed by atoms with Crippen LogP contribution in [0.1, 0.15) is 51.4 Å². The van der Waals surface area contributed by atoms with Gasteiger partial charge in [-0.3, -0.25) is 0 Å². The van der Waals surface area contributed by atoms with Crippen molar-refractivity contribution >= 4 is 31.9 Å². The maximum atomic E-state index is 8.74. The molecule has 2 aliphatic carbocycles. The number of phenolic OH excluding ortho intramolecular Hbond substituents is 1. The summed E-state index contributed by atoms with van der Waals surface area (Å²) in [5.74, 6) is 1.29. The smallest absolute Gasteiger partial charge is 0.119 e. The van der Waals surface area contributed by atoms with Crippen molar-refractivity contribution in [1.29, 1.82) is 0 Å². The average molecular weight is 500 g/mol. The van der Waals surface area contributed by atoms with Crippen molar-refractivity contribution < 1.29 is 14.9 Å². The highest BCUT2D eigenvalue weighted by Gasteiger charge is 2.16. The van der Waals surface area contributed by atoms with E-state index in [2.05, 4.69) is 31.9 Å². The van der Waals surface area contributed by atoms with Crippen molar-refractivity contribution in [2.24, 2.45) is 0 Å². The first-order valence-corrected chi connectivity index (χ1v) is 11.2. The molecule has 0 saturated heterocycles. The number of hydrogen-bond acceptors (Lipinski definition) is 3. The van der Waals surface area contributed by atoms with Gasteiger partial charge in [0.05, 0.1) is 12.2 Å². The van der Waals surface area contributed by atoms with Crippen molar-refractivity contribution in [2.45, 2.75) is 63.6 Å². The van der Waals surface area contributed by atoms with E-state index >= 15 is 0 Å². The predicted molar refractivity (Wildman–Crippen MR) is 117 cm³/mol. The molecule has 0 bridgehead atoms. The van der Waals surface area contributed by atoms with Gasteiger partial charge in [-0.15, -0.1) is 0 Å². The molecule has 0 amide bonds. The molecule has 0 radical (unpaired) electrons. The molecule has 5 heteroatoms. The topological polar surface area (TPSA) is 49.7 Å². The lowest BCUT2D eigenvalue weighted by atomic mass is 10.3. The zero-order valence-corrected chi connectivity index (χ0v) is 18.7. The van der Waals surface area contributed by atoms with Gasteiger partial charge in [0.1, 0.15) is 11.5 Å². The van der Waals surface area contributed by atoms with Crippen LogP contribution in [0.25, 0.3) is 0 Å². The van der Waals surface area contributed by atoms with Gasteiger partial charge in [-0.05, 0) is 87.1 Å². The maximum Gasteiger partial charge on any atom is 0.119 e. The molecule has 0 aromatic heterocycles. The second kappa shape index (κ2) is 12.4. The maximum absolute atomic E-state index is 8.74. The lowest BCUT2D eigenvalue weighted by Gasteiger charge is -2.12. The fourth-order valence-electron chi connectivity index (χ4n) is 3.06. The highest BCUT2D eigenvalue weighted by atomic mass is 79.9. The van der Waals surface area contributed by atoms with Crippen molar-refractivity contribution in [3.63, 3.8) is 0 Å². The number of halogens is 2. The molecule has 3 nitrogen and oxygen atoms in total. The lowest BCUT2D eigenvalue weighted by Crippen LogP contribution is -2.10. The summed E-state index contributed by atoms with van der Waals surface area (Å²) in [6, 6.07) is 14.9. The molecule has 0 atom stereocenters. The summed E-state index contributed by atoms with van der Waals surface area (Å²) in [7, 11) is 0. The highest BCUT2D eigenvalue weighted by Crippen LogP contribution is 2.25. The molecular weight excluding hydrogens is 472 g/mol. The molecule has 0 heterocycles. The minimum absolute atomic E-state index is 0.0463. The SMILES string of the molecule is Brc1ccc(OC2CCCC2)cc1.OC1CCCC1.Oc1ccc(Br)cc1.